The molecule has 1 aliphatic rings. The lowest BCUT2D eigenvalue weighted by molar-refractivity contribution is 0.0561. The minimum Gasteiger partial charge on any atom is -0.487 e. The first-order valence-corrected chi connectivity index (χ1v) is 13.1. The minimum absolute atomic E-state index is 0.0923. The first-order chi connectivity index (χ1) is 15.5. The van der Waals surface area contributed by atoms with E-state index in [1.165, 1.54) is 45.4 Å². The molecule has 2 N–H and O–H groups in total. The van der Waals surface area contributed by atoms with Gasteiger partial charge in [0.25, 0.3) is 0 Å². The molecule has 0 fully saturated rings. The van der Waals surface area contributed by atoms with Crippen LogP contribution in [0, 0.1) is 20.8 Å². The lowest BCUT2D eigenvalue weighted by atomic mass is 9.84. The van der Waals surface area contributed by atoms with E-state index in [-0.39, 0.29) is 5.60 Å². The zero-order chi connectivity index (χ0) is 25.2. The van der Waals surface area contributed by atoms with Crippen LogP contribution in [0.3, 0.4) is 0 Å². The van der Waals surface area contributed by atoms with Crippen molar-refractivity contribution in [2.75, 3.05) is 5.73 Å². The van der Waals surface area contributed by atoms with Gasteiger partial charge in [-0.3, -0.25) is 0 Å². The highest BCUT2D eigenvalue weighted by atomic mass is 16.5. The van der Waals surface area contributed by atoms with Crippen molar-refractivity contribution in [1.82, 2.24) is 0 Å². The van der Waals surface area contributed by atoms with E-state index in [1.807, 2.05) is 13.8 Å². The maximum atomic E-state index is 6.62. The van der Waals surface area contributed by atoms with Crippen LogP contribution in [-0.4, -0.2) is 5.60 Å². The number of allylic oxidation sites excluding steroid dienone is 6. The van der Waals surface area contributed by atoms with Crippen LogP contribution in [0.5, 0.6) is 5.75 Å². The molecular formula is C31H51NO. The zero-order valence-electron chi connectivity index (χ0n) is 23.4. The first-order valence-electron chi connectivity index (χ1n) is 13.1. The predicted octanol–water partition coefficient (Wildman–Crippen LogP) is 9.50. The number of hydrogen-bond donors (Lipinski definition) is 1. The van der Waals surface area contributed by atoms with Crippen molar-refractivity contribution in [3.05, 3.63) is 57.2 Å². The van der Waals surface area contributed by atoms with Crippen LogP contribution in [0.25, 0.3) is 0 Å². The standard InChI is InChI=1S/C29H45NO.C2H6/c1-20(2)12-9-13-21(3)14-10-15-22(4)16-11-18-29(8)19-17-26-25(7)27(30)23(5)24(6)28(26)31-29;1-2/h12,14,16H,9-11,13,15,17-19,30H2,1-8H3;1-2H3/b21-14+,22-16+;/t29-;/m1./s1. The summed E-state index contributed by atoms with van der Waals surface area (Å²) in [6.07, 6.45) is 16.0. The Morgan fingerprint density at radius 1 is 0.848 bits per heavy atom. The van der Waals surface area contributed by atoms with Gasteiger partial charge >= 0.3 is 0 Å². The largest absolute Gasteiger partial charge is 0.487 e. The molecule has 0 aliphatic carbocycles. The van der Waals surface area contributed by atoms with E-state index in [0.29, 0.717) is 0 Å². The molecule has 0 unspecified atom stereocenters. The quantitative estimate of drug-likeness (QED) is 0.298. The van der Waals surface area contributed by atoms with Gasteiger partial charge in [0.05, 0.1) is 0 Å². The average Bonchev–Trinajstić information content (AvgIpc) is 2.77. The van der Waals surface area contributed by atoms with Gasteiger partial charge in [-0.05, 0) is 129 Å². The highest BCUT2D eigenvalue weighted by Crippen LogP contribution is 2.43. The summed E-state index contributed by atoms with van der Waals surface area (Å²) in [7, 11) is 0. The fraction of sp³-hybridized carbons (Fsp3) is 0.613. The van der Waals surface area contributed by atoms with Gasteiger partial charge in [-0.1, -0.05) is 48.8 Å². The second kappa shape index (κ2) is 13.7. The summed E-state index contributed by atoms with van der Waals surface area (Å²) in [5.74, 6) is 1.09. The van der Waals surface area contributed by atoms with Crippen LogP contribution in [0.2, 0.25) is 0 Å². The number of ether oxygens (including phenoxy) is 1. The zero-order valence-corrected chi connectivity index (χ0v) is 23.4. The van der Waals surface area contributed by atoms with Crippen molar-refractivity contribution in [1.29, 1.82) is 0 Å². The summed E-state index contributed by atoms with van der Waals surface area (Å²) in [6.45, 7) is 21.5. The summed E-state index contributed by atoms with van der Waals surface area (Å²) < 4.78 is 6.62. The molecule has 0 spiro atoms. The number of anilines is 1. The van der Waals surface area contributed by atoms with E-state index >= 15 is 0 Å². The predicted molar refractivity (Wildman–Crippen MR) is 148 cm³/mol. The molecule has 2 rings (SSSR count). The molecule has 0 amide bonds. The first kappa shape index (κ1) is 29.1. The summed E-state index contributed by atoms with van der Waals surface area (Å²) in [4.78, 5) is 0. The average molecular weight is 454 g/mol. The van der Waals surface area contributed by atoms with Crippen LogP contribution in [0.1, 0.15) is 116 Å². The highest BCUT2D eigenvalue weighted by Gasteiger charge is 2.33. The Bertz CT molecular complexity index is 868. The topological polar surface area (TPSA) is 35.2 Å². The molecule has 0 saturated carbocycles. The van der Waals surface area contributed by atoms with Crippen LogP contribution < -0.4 is 10.5 Å². The van der Waals surface area contributed by atoms with Crippen molar-refractivity contribution < 1.29 is 4.74 Å². The summed E-state index contributed by atoms with van der Waals surface area (Å²) in [6, 6.07) is 0. The lowest BCUT2D eigenvalue weighted by Crippen LogP contribution is -2.37. The summed E-state index contributed by atoms with van der Waals surface area (Å²) in [5.41, 5.74) is 16.5. The third-order valence-electron chi connectivity index (χ3n) is 6.98. The van der Waals surface area contributed by atoms with Gasteiger partial charge in [-0.25, -0.2) is 0 Å². The van der Waals surface area contributed by atoms with Gasteiger partial charge in [0.1, 0.15) is 11.4 Å². The van der Waals surface area contributed by atoms with Crippen LogP contribution in [0.15, 0.2) is 34.9 Å². The molecule has 0 bridgehead atoms. The van der Waals surface area contributed by atoms with E-state index in [2.05, 4.69) is 73.6 Å². The van der Waals surface area contributed by atoms with Crippen molar-refractivity contribution in [3.63, 3.8) is 0 Å². The molecule has 33 heavy (non-hydrogen) atoms. The second-order valence-electron chi connectivity index (χ2n) is 10.1. The van der Waals surface area contributed by atoms with Crippen molar-refractivity contribution in [2.45, 2.75) is 126 Å². The molecule has 1 aliphatic heterocycles. The Labute approximate surface area is 205 Å². The Balaban J connectivity index is 0.00000265. The Morgan fingerprint density at radius 2 is 1.39 bits per heavy atom. The fourth-order valence-corrected chi connectivity index (χ4v) is 4.48. The third kappa shape index (κ3) is 8.72. The van der Waals surface area contributed by atoms with Crippen molar-refractivity contribution >= 4 is 5.69 Å². The molecule has 0 saturated heterocycles. The minimum atomic E-state index is -0.0923. The van der Waals surface area contributed by atoms with Gasteiger partial charge in [0.2, 0.25) is 0 Å². The van der Waals surface area contributed by atoms with Crippen LogP contribution in [-0.2, 0) is 6.42 Å². The van der Waals surface area contributed by atoms with E-state index in [4.69, 9.17) is 10.5 Å². The number of hydrogen-bond acceptors (Lipinski definition) is 2. The van der Waals surface area contributed by atoms with Gasteiger partial charge in [-0.2, -0.15) is 0 Å². The number of nitrogens with two attached hydrogens (primary N) is 1. The van der Waals surface area contributed by atoms with Gasteiger partial charge in [0, 0.05) is 5.69 Å². The van der Waals surface area contributed by atoms with Crippen molar-refractivity contribution in [2.24, 2.45) is 0 Å². The monoisotopic (exact) mass is 453 g/mol. The summed E-state index contributed by atoms with van der Waals surface area (Å²) >= 11 is 0. The number of nitrogen functional groups attached to an aromatic ring is 1. The molecule has 2 heteroatoms. The normalized spacial score (nSPS) is 18.1. The second-order valence-corrected chi connectivity index (χ2v) is 10.1. The molecule has 1 aromatic rings. The molecule has 1 atom stereocenters. The fourth-order valence-electron chi connectivity index (χ4n) is 4.48. The molecule has 0 radical (unpaired) electrons. The summed E-state index contributed by atoms with van der Waals surface area (Å²) in [5, 5.41) is 0. The van der Waals surface area contributed by atoms with Crippen molar-refractivity contribution in [3.8, 4) is 5.75 Å². The third-order valence-corrected chi connectivity index (χ3v) is 6.98. The molecule has 1 aromatic carbocycles. The van der Waals surface area contributed by atoms with Crippen LogP contribution >= 0.6 is 0 Å². The van der Waals surface area contributed by atoms with Gasteiger partial charge in [-0.15, -0.1) is 0 Å². The molecule has 2 nitrogen and oxygen atoms in total. The smallest absolute Gasteiger partial charge is 0.126 e. The molecule has 1 heterocycles. The van der Waals surface area contributed by atoms with E-state index in [9.17, 15) is 0 Å². The Morgan fingerprint density at radius 3 is 1.97 bits per heavy atom. The molecular weight excluding hydrogens is 402 g/mol. The van der Waals surface area contributed by atoms with Gasteiger partial charge < -0.3 is 10.5 Å². The number of benzene rings is 1. The highest BCUT2D eigenvalue weighted by molar-refractivity contribution is 5.65. The molecule has 186 valence electrons. The Kier molecular flexibility index (Phi) is 12.0. The number of rotatable bonds is 9. The molecule has 0 aromatic heterocycles. The maximum Gasteiger partial charge on any atom is 0.126 e. The van der Waals surface area contributed by atoms with Gasteiger partial charge in [0.15, 0.2) is 0 Å². The van der Waals surface area contributed by atoms with E-state index < -0.39 is 0 Å². The van der Waals surface area contributed by atoms with Crippen LogP contribution in [0.4, 0.5) is 5.69 Å². The lowest BCUT2D eigenvalue weighted by Gasteiger charge is -2.38. The van der Waals surface area contributed by atoms with E-state index in [1.54, 1.807) is 0 Å². The van der Waals surface area contributed by atoms with E-state index in [0.717, 1.165) is 56.4 Å². The maximum absolute atomic E-state index is 6.62. The number of fused-ring (bicyclic) bond motifs is 1. The Hall–Kier alpha value is -1.96. The SMILES string of the molecule is CC.CC(C)=CCC/C(C)=C/CC/C(C)=C/CC[C@]1(C)CCc2c(C)c(N)c(C)c(C)c2O1.